The maximum atomic E-state index is 13.6. The summed E-state index contributed by atoms with van der Waals surface area (Å²) < 4.78 is 0. The van der Waals surface area contributed by atoms with Gasteiger partial charge in [0.2, 0.25) is 5.91 Å². The van der Waals surface area contributed by atoms with E-state index < -0.39 is 0 Å². The number of anilines is 2. The molecule has 166 valence electrons. The highest BCUT2D eigenvalue weighted by Gasteiger charge is 2.24. The molecule has 2 amide bonds. The third-order valence-corrected chi connectivity index (χ3v) is 5.30. The zero-order chi connectivity index (χ0) is 22.6. The molecular formula is C26H29N3O2S. The van der Waals surface area contributed by atoms with E-state index in [0.717, 1.165) is 30.6 Å². The van der Waals surface area contributed by atoms with E-state index in [0.29, 0.717) is 18.7 Å². The van der Waals surface area contributed by atoms with Gasteiger partial charge in [-0.05, 0) is 55.7 Å². The molecule has 0 aliphatic heterocycles. The van der Waals surface area contributed by atoms with Crippen molar-refractivity contribution >= 4 is 35.8 Å². The Bertz CT molecular complexity index is 929. The fraction of sp³-hybridized carbons (Fsp3) is 0.231. The van der Waals surface area contributed by atoms with Crippen LogP contribution < -0.4 is 10.3 Å². The van der Waals surface area contributed by atoms with Crippen LogP contribution in [0.2, 0.25) is 0 Å². The van der Waals surface area contributed by atoms with Gasteiger partial charge in [0.05, 0.1) is 17.1 Å². The normalized spacial score (nSPS) is 10.4. The molecule has 1 N–H and O–H groups in total. The number of benzene rings is 3. The second-order valence-electron chi connectivity index (χ2n) is 7.35. The summed E-state index contributed by atoms with van der Waals surface area (Å²) >= 11 is 3.97. The van der Waals surface area contributed by atoms with Crippen molar-refractivity contribution in [1.82, 2.24) is 10.3 Å². The van der Waals surface area contributed by atoms with Gasteiger partial charge >= 0.3 is 0 Å². The highest BCUT2D eigenvalue weighted by atomic mass is 32.1. The largest absolute Gasteiger partial charge is 0.355 e. The van der Waals surface area contributed by atoms with Crippen LogP contribution in [0.3, 0.4) is 0 Å². The van der Waals surface area contributed by atoms with Gasteiger partial charge in [-0.3, -0.25) is 14.6 Å². The number of carbonyl (C=O) groups is 2. The summed E-state index contributed by atoms with van der Waals surface area (Å²) in [6.07, 6.45) is 2.55. The molecule has 5 nitrogen and oxygen atoms in total. The van der Waals surface area contributed by atoms with Crippen LogP contribution in [0.5, 0.6) is 0 Å². The molecule has 0 fully saturated rings. The molecule has 0 saturated carbocycles. The number of carbonyl (C=O) groups excluding carboxylic acids is 2. The molecule has 0 saturated heterocycles. The van der Waals surface area contributed by atoms with Crippen molar-refractivity contribution in [3.63, 3.8) is 0 Å². The molecule has 0 aliphatic rings. The molecule has 0 heterocycles. The number of hydrazine groups is 1. The molecule has 0 spiro atoms. The number of unbranched alkanes of at least 4 members (excludes halogenated alkanes) is 2. The van der Waals surface area contributed by atoms with Crippen molar-refractivity contribution in [1.29, 1.82) is 0 Å². The average Bonchev–Trinajstić information content (AvgIpc) is 2.86. The van der Waals surface area contributed by atoms with Gasteiger partial charge in [0.1, 0.15) is 0 Å². The van der Waals surface area contributed by atoms with E-state index in [4.69, 9.17) is 0 Å². The molecule has 0 unspecified atom stereocenters. The molecule has 6 heteroatoms. The van der Waals surface area contributed by atoms with Crippen molar-refractivity contribution in [3.8, 4) is 0 Å². The molecule has 0 aromatic heterocycles. The van der Waals surface area contributed by atoms with Crippen LogP contribution in [-0.2, 0) is 4.79 Å². The number of nitrogens with zero attached hydrogens (tertiary/aromatic N) is 2. The smallest absolute Gasteiger partial charge is 0.272 e. The van der Waals surface area contributed by atoms with E-state index >= 15 is 0 Å². The van der Waals surface area contributed by atoms with Gasteiger partial charge in [0.15, 0.2) is 0 Å². The number of hydrogen-bond acceptors (Lipinski definition) is 4. The number of nitrogens with one attached hydrogen (secondary N) is 1. The van der Waals surface area contributed by atoms with Crippen molar-refractivity contribution in [2.75, 3.05) is 23.9 Å². The van der Waals surface area contributed by atoms with E-state index in [1.807, 2.05) is 101 Å². The first-order valence-corrected chi connectivity index (χ1v) is 11.5. The van der Waals surface area contributed by atoms with Crippen LogP contribution in [0, 0.1) is 0 Å². The fourth-order valence-corrected chi connectivity index (χ4v) is 3.55. The maximum Gasteiger partial charge on any atom is 0.272 e. The Morgan fingerprint density at radius 1 is 0.719 bits per heavy atom. The molecule has 3 rings (SSSR count). The monoisotopic (exact) mass is 447 g/mol. The van der Waals surface area contributed by atoms with Crippen LogP contribution >= 0.6 is 12.6 Å². The summed E-state index contributed by atoms with van der Waals surface area (Å²) in [4.78, 5) is 25.0. The Kier molecular flexibility index (Phi) is 9.20. The van der Waals surface area contributed by atoms with Crippen molar-refractivity contribution in [3.05, 3.63) is 96.6 Å². The predicted octanol–water partition coefficient (Wildman–Crippen LogP) is 5.10. The van der Waals surface area contributed by atoms with Crippen LogP contribution in [-0.4, -0.2) is 35.7 Å². The van der Waals surface area contributed by atoms with Gasteiger partial charge in [0, 0.05) is 18.7 Å². The minimum atomic E-state index is -0.0615. The van der Waals surface area contributed by atoms with Gasteiger partial charge < -0.3 is 5.32 Å². The molecular weight excluding hydrogens is 418 g/mol. The van der Waals surface area contributed by atoms with E-state index in [2.05, 4.69) is 17.9 Å². The standard InChI is InChI=1S/C26H29N3O2S/c30-25(21-32)27-19-11-4-12-20-28(26(31)22-13-5-1-6-14-22)29(23-15-7-2-8-16-23)24-17-9-3-10-18-24/h1-3,5-10,13-18,32H,4,11-12,19-21H2,(H,27,30). The first-order chi connectivity index (χ1) is 15.7. The minimum Gasteiger partial charge on any atom is -0.355 e. The van der Waals surface area contributed by atoms with Gasteiger partial charge in [-0.15, -0.1) is 0 Å². The summed E-state index contributed by atoms with van der Waals surface area (Å²) in [5.41, 5.74) is 2.48. The lowest BCUT2D eigenvalue weighted by Gasteiger charge is -2.37. The highest BCUT2D eigenvalue weighted by molar-refractivity contribution is 7.81. The SMILES string of the molecule is O=C(CS)NCCCCCN(C(=O)c1ccccc1)N(c1ccccc1)c1ccccc1. The molecule has 0 bridgehead atoms. The lowest BCUT2D eigenvalue weighted by Crippen LogP contribution is -2.44. The molecule has 3 aromatic rings. The number of hydrogen-bond donors (Lipinski definition) is 2. The van der Waals surface area contributed by atoms with Crippen LogP contribution in [0.15, 0.2) is 91.0 Å². The van der Waals surface area contributed by atoms with Crippen molar-refractivity contribution < 1.29 is 9.59 Å². The number of para-hydroxylation sites is 2. The van der Waals surface area contributed by atoms with Crippen molar-refractivity contribution in [2.45, 2.75) is 19.3 Å². The Morgan fingerprint density at radius 2 is 1.25 bits per heavy atom. The first-order valence-electron chi connectivity index (χ1n) is 10.9. The number of thiol groups is 1. The summed E-state index contributed by atoms with van der Waals surface area (Å²) in [5, 5.41) is 6.63. The van der Waals surface area contributed by atoms with E-state index in [1.165, 1.54) is 0 Å². The summed E-state index contributed by atoms with van der Waals surface area (Å²) in [7, 11) is 0. The molecule has 0 atom stereocenters. The van der Waals surface area contributed by atoms with Crippen molar-refractivity contribution in [2.24, 2.45) is 0 Å². The van der Waals surface area contributed by atoms with Gasteiger partial charge in [-0.25, -0.2) is 5.01 Å². The average molecular weight is 448 g/mol. The third-order valence-electron chi connectivity index (χ3n) is 5.01. The third kappa shape index (κ3) is 6.62. The summed E-state index contributed by atoms with van der Waals surface area (Å²) in [6.45, 7) is 1.17. The van der Waals surface area contributed by atoms with E-state index in [-0.39, 0.29) is 17.6 Å². The summed E-state index contributed by atoms with van der Waals surface area (Å²) in [5.74, 6) is 0.0814. The topological polar surface area (TPSA) is 52.7 Å². The van der Waals surface area contributed by atoms with Gasteiger partial charge in [-0.1, -0.05) is 54.6 Å². The molecule has 0 aliphatic carbocycles. The van der Waals surface area contributed by atoms with E-state index in [9.17, 15) is 9.59 Å². The van der Waals surface area contributed by atoms with E-state index in [1.54, 1.807) is 0 Å². The Morgan fingerprint density at radius 3 is 1.78 bits per heavy atom. The van der Waals surface area contributed by atoms with Gasteiger partial charge in [0.25, 0.3) is 5.91 Å². The van der Waals surface area contributed by atoms with Crippen LogP contribution in [0.25, 0.3) is 0 Å². The zero-order valence-corrected chi connectivity index (χ0v) is 19.0. The first kappa shape index (κ1) is 23.4. The van der Waals surface area contributed by atoms with Crippen LogP contribution in [0.1, 0.15) is 29.6 Å². The Labute approximate surface area is 195 Å². The second-order valence-corrected chi connectivity index (χ2v) is 7.66. The lowest BCUT2D eigenvalue weighted by atomic mass is 10.2. The Hall–Kier alpha value is -3.25. The second kappa shape index (κ2) is 12.6. The molecule has 0 radical (unpaired) electrons. The predicted molar refractivity (Wildman–Crippen MR) is 133 cm³/mol. The quantitative estimate of drug-likeness (QED) is 0.244. The number of amides is 2. The fourth-order valence-electron chi connectivity index (χ4n) is 3.44. The summed E-state index contributed by atoms with van der Waals surface area (Å²) in [6, 6.07) is 29.2. The maximum absolute atomic E-state index is 13.6. The van der Waals surface area contributed by atoms with Crippen LogP contribution in [0.4, 0.5) is 11.4 Å². The molecule has 3 aromatic carbocycles. The highest BCUT2D eigenvalue weighted by Crippen LogP contribution is 2.28. The number of rotatable bonds is 11. The molecule has 32 heavy (non-hydrogen) atoms. The lowest BCUT2D eigenvalue weighted by molar-refractivity contribution is -0.118. The minimum absolute atomic E-state index is 0.0540. The van der Waals surface area contributed by atoms with Gasteiger partial charge in [-0.2, -0.15) is 12.6 Å². The zero-order valence-electron chi connectivity index (χ0n) is 18.1. The Balaban J connectivity index is 1.82.